The zero-order chi connectivity index (χ0) is 104. The second kappa shape index (κ2) is 57.8. The van der Waals surface area contributed by atoms with Gasteiger partial charge in [-0.3, -0.25) is 57.8 Å². The molecule has 1 saturated heterocycles. The second-order valence-corrected chi connectivity index (χ2v) is 39.2. The van der Waals surface area contributed by atoms with Crippen molar-refractivity contribution < 1.29 is 136 Å². The van der Waals surface area contributed by atoms with Crippen LogP contribution in [-0.2, 0) is 129 Å². The first kappa shape index (κ1) is 129. The maximum atomic E-state index is 13.6. The maximum Gasteiger partial charge on any atom is 0.351 e. The highest BCUT2D eigenvalue weighted by Gasteiger charge is 2.55. The Bertz CT molecular complexity index is 5340. The third kappa shape index (κ3) is 41.1. The Morgan fingerprint density at radius 3 is 1.10 bits per heavy atom. The molecule has 0 spiro atoms. The number of carbonyl (C=O) groups is 12. The van der Waals surface area contributed by atoms with E-state index in [-0.39, 0.29) is 94.3 Å². The van der Waals surface area contributed by atoms with Crippen LogP contribution in [0.25, 0.3) is 22.3 Å². The lowest BCUT2D eigenvalue weighted by Crippen LogP contribution is -2.56. The summed E-state index contributed by atoms with van der Waals surface area (Å²) in [5, 5.41) is 83.8. The molecule has 0 saturated carbocycles. The van der Waals surface area contributed by atoms with E-state index >= 15 is 0 Å². The van der Waals surface area contributed by atoms with Crippen LogP contribution >= 0.6 is 11.3 Å². The van der Waals surface area contributed by atoms with Gasteiger partial charge in [0.1, 0.15) is 19.5 Å². The number of hydrogen-bond donors (Lipinski definition) is 10. The number of aryl methyl sites for hydroxylation is 1. The van der Waals surface area contributed by atoms with Crippen LogP contribution in [0.5, 0.6) is 0 Å². The largest absolute Gasteiger partial charge is 0.480 e. The molecule has 35 heteroatoms. The molecule has 6 aromatic carbocycles. The average Bonchev–Trinajstić information content (AvgIpc) is 0.801. The number of morpholine rings is 1. The molecular weight excluding hydrogens is 1870 g/mol. The Kier molecular flexibility index (Phi) is 51.6. The van der Waals surface area contributed by atoms with Gasteiger partial charge in [-0.05, 0) is 203 Å². The summed E-state index contributed by atoms with van der Waals surface area (Å²) in [4.78, 5) is 159. The molecule has 1 aliphatic heterocycles. The van der Waals surface area contributed by atoms with Crippen molar-refractivity contribution in [3.05, 3.63) is 256 Å². The Hall–Kier alpha value is -13.4. The second-order valence-electron chi connectivity index (χ2n) is 38.2. The summed E-state index contributed by atoms with van der Waals surface area (Å²) in [6, 6.07) is 51.1. The zero-order valence-electron chi connectivity index (χ0n) is 81.5. The molecule has 144 heavy (non-hydrogen) atoms. The Morgan fingerprint density at radius 2 is 0.750 bits per heavy atom. The number of carboxylic acids is 8. The fourth-order valence-electron chi connectivity index (χ4n) is 13.3. The van der Waals surface area contributed by atoms with Crippen LogP contribution in [0.1, 0.15) is 197 Å². The van der Waals surface area contributed by atoms with Gasteiger partial charge in [-0.15, -0.1) is 11.3 Å². The number of pyridine rings is 1. The summed E-state index contributed by atoms with van der Waals surface area (Å²) in [6.45, 7) is 31.5. The van der Waals surface area contributed by atoms with Crippen molar-refractivity contribution in [1.29, 1.82) is 0 Å². The molecule has 1 unspecified atom stereocenters. The standard InChI is InChI=1S/C28H37NO6.C20H23NO6S.C20H23NO5.C19H22N2O5.C17H23NO6.5CH4/c1-22-9-8-12-24(19-22)20-28(35-27(2,3)4,26(31)34-21-23-10-6-5-7-11-23)25(30)33-18-15-29-13-16-32-17-14-29;1-19(2,3)27-12-20(17(23)24,18(25)26)11-13-6-8-14(9-7-13)21-16(22)15-5-4-10-28-15;1-19(2,3)26-13-20(17(22)23,18(24)25)11-14-6-8-15(9-7-14)16-5-4-10-21-12-16;1-18(2,3)26-11-19(16(22)23,17(24)25)8-13-4-6-14(7-5-13)15-9-20-12-21-10-15;1-11(19)18-13-7-5-12(6-8-13)9-17(14(20)21,15(22)23)10-24-16(2,3)4;;;;;/h5-12,19H,13-18,20-21H2,1-4H3;4-10H,11-12H2,1-3H3,(H,21,22)(H,23,24)(H,25,26);4-10,12H,11,13H2,1-3H3,(H,22,23)(H,24,25);4-7,9-10,12H,8,11H2,1-3H3,(H,22,23)(H,24,25);5-8H,9-10H2,1-4H3,(H,18,19)(H,20,21)(H,22,23);5*1H4. The van der Waals surface area contributed by atoms with E-state index in [0.29, 0.717) is 58.3 Å². The van der Waals surface area contributed by atoms with Gasteiger partial charge in [0.05, 0.1) is 72.5 Å². The van der Waals surface area contributed by atoms with E-state index in [1.165, 1.54) is 24.6 Å². The van der Waals surface area contributed by atoms with Gasteiger partial charge in [0.15, 0.2) is 21.7 Å². The van der Waals surface area contributed by atoms with Crippen LogP contribution in [0.15, 0.2) is 212 Å². The first-order chi connectivity index (χ1) is 64.9. The van der Waals surface area contributed by atoms with Crippen molar-refractivity contribution in [2.24, 2.45) is 21.7 Å². The number of ether oxygens (including phenoxy) is 8. The summed E-state index contributed by atoms with van der Waals surface area (Å²) in [6.07, 6.45) is 7.36. The molecule has 34 nitrogen and oxygen atoms in total. The summed E-state index contributed by atoms with van der Waals surface area (Å²) in [7, 11) is 0. The van der Waals surface area contributed by atoms with Crippen molar-refractivity contribution in [1.82, 2.24) is 19.9 Å². The van der Waals surface area contributed by atoms with E-state index in [2.05, 4.69) is 30.5 Å². The predicted molar refractivity (Wildman–Crippen MR) is 552 cm³/mol. The highest BCUT2D eigenvalue weighted by atomic mass is 32.1. The fourth-order valence-corrected chi connectivity index (χ4v) is 13.9. The Labute approximate surface area is 849 Å². The molecule has 0 bridgehead atoms. The van der Waals surface area contributed by atoms with Gasteiger partial charge >= 0.3 is 59.7 Å². The fraction of sp³-hybridized carbons (Fsp3) is 0.440. The molecule has 10 N–H and O–H groups in total. The lowest BCUT2D eigenvalue weighted by molar-refractivity contribution is -0.208. The van der Waals surface area contributed by atoms with Gasteiger partial charge in [-0.25, -0.2) is 19.6 Å². The number of aliphatic carboxylic acids is 8. The smallest absolute Gasteiger partial charge is 0.351 e. The number of rotatable bonds is 39. The maximum absolute atomic E-state index is 13.6. The predicted octanol–water partition coefficient (Wildman–Crippen LogP) is 18.5. The minimum absolute atomic E-state index is 0. The van der Waals surface area contributed by atoms with E-state index in [4.69, 9.17) is 37.9 Å². The van der Waals surface area contributed by atoms with E-state index in [1.54, 1.807) is 210 Å². The molecule has 1 fully saturated rings. The quantitative estimate of drug-likeness (QED) is 0.0126. The van der Waals surface area contributed by atoms with Crippen molar-refractivity contribution >= 4 is 94.2 Å². The summed E-state index contributed by atoms with van der Waals surface area (Å²) in [5.74, 6) is -13.5. The molecule has 3 aromatic heterocycles. The van der Waals surface area contributed by atoms with Crippen LogP contribution in [0, 0.1) is 28.6 Å². The number of carboxylic acid groups (broad SMARTS) is 8. The number of esters is 2. The number of amides is 2. The molecular formula is C109H148N6O28S. The van der Waals surface area contributed by atoms with Crippen LogP contribution in [0.4, 0.5) is 11.4 Å². The first-order valence-corrected chi connectivity index (χ1v) is 45.3. The molecule has 788 valence electrons. The number of nitrogens with zero attached hydrogens (tertiary/aromatic N) is 4. The average molecular weight is 2020 g/mol. The number of thiophene rings is 1. The van der Waals surface area contributed by atoms with Gasteiger partial charge in [0.25, 0.3) is 11.5 Å². The van der Waals surface area contributed by atoms with Crippen LogP contribution in [0.3, 0.4) is 0 Å². The van der Waals surface area contributed by atoms with E-state index in [9.17, 15) is 98.4 Å². The third-order valence-corrected chi connectivity index (χ3v) is 21.8. The molecule has 9 aromatic rings. The number of carbonyl (C=O) groups excluding carboxylic acids is 4. The zero-order valence-corrected chi connectivity index (χ0v) is 82.3. The van der Waals surface area contributed by atoms with Gasteiger partial charge in [0.2, 0.25) is 5.91 Å². The lowest BCUT2D eigenvalue weighted by atomic mass is 9.82. The van der Waals surface area contributed by atoms with Gasteiger partial charge in [0, 0.05) is 100 Å². The SMILES string of the molecule is C.C.C.C.C.CC(=O)Nc1ccc(CC(COC(C)(C)C)(C(=O)O)C(=O)O)cc1.CC(C)(C)OCC(Cc1ccc(-c2cccnc2)cc1)(C(=O)O)C(=O)O.CC(C)(C)OCC(Cc1ccc(-c2cncnc2)cc1)(C(=O)O)C(=O)O.CC(C)(C)OCC(Cc1ccc(NC(=O)c2cccs2)cc1)(C(=O)O)C(=O)O.Cc1cccc(CC(OC(C)(C)C)(C(=O)OCCN2CCOCC2)C(=O)OCc2ccccc2)c1. The third-order valence-electron chi connectivity index (χ3n) is 21.0. The van der Waals surface area contributed by atoms with Crippen LogP contribution in [-0.4, -0.2) is 232 Å². The molecule has 1 aliphatic rings. The van der Waals surface area contributed by atoms with E-state index < -0.39 is 141 Å². The van der Waals surface area contributed by atoms with Crippen molar-refractivity contribution in [3.63, 3.8) is 0 Å². The number of nitrogens with one attached hydrogen (secondary N) is 2. The van der Waals surface area contributed by atoms with Crippen molar-refractivity contribution in [2.75, 3.05) is 76.5 Å². The van der Waals surface area contributed by atoms with E-state index in [0.717, 1.165) is 52.0 Å². The molecule has 2 amide bonds. The lowest BCUT2D eigenvalue weighted by Gasteiger charge is -2.36. The highest BCUT2D eigenvalue weighted by Crippen LogP contribution is 2.36. The number of anilines is 2. The number of benzene rings is 6. The molecule has 1 atom stereocenters. The summed E-state index contributed by atoms with van der Waals surface area (Å²) < 4.78 is 44.9. The molecule has 0 aliphatic carbocycles. The first-order valence-electron chi connectivity index (χ1n) is 44.5. The topological polar surface area (TPSA) is 506 Å². The van der Waals surface area contributed by atoms with Crippen LogP contribution < -0.4 is 10.6 Å². The van der Waals surface area contributed by atoms with Crippen molar-refractivity contribution in [3.8, 4) is 22.3 Å². The van der Waals surface area contributed by atoms with Gasteiger partial charge in [-0.1, -0.05) is 182 Å². The number of hydrogen-bond acceptors (Lipinski definition) is 25. The molecule has 0 radical (unpaired) electrons. The Balaban J connectivity index is 0.000000898. The highest BCUT2D eigenvalue weighted by molar-refractivity contribution is 7.12. The number of aromatic nitrogens is 3. The van der Waals surface area contributed by atoms with Crippen LogP contribution in [0.2, 0.25) is 0 Å². The minimum Gasteiger partial charge on any atom is -0.480 e. The normalized spacial score (nSPS) is 12.6. The van der Waals surface area contributed by atoms with Gasteiger partial charge < -0.3 is 89.4 Å². The van der Waals surface area contributed by atoms with E-state index in [1.807, 2.05) is 107 Å². The van der Waals surface area contributed by atoms with Crippen molar-refractivity contribution in [2.45, 2.75) is 227 Å². The summed E-state index contributed by atoms with van der Waals surface area (Å²) in [5.41, 5.74) is -4.17. The molecule has 10 rings (SSSR count). The summed E-state index contributed by atoms with van der Waals surface area (Å²) >= 11 is 1.32. The monoisotopic (exact) mass is 2020 g/mol. The minimum atomic E-state index is -2.10. The van der Waals surface area contributed by atoms with Gasteiger partial charge in [-0.2, -0.15) is 0 Å². The Morgan fingerprint density at radius 1 is 0.382 bits per heavy atom. The molecule has 4 heterocycles.